The predicted octanol–water partition coefficient (Wildman–Crippen LogP) is 1.70. The summed E-state index contributed by atoms with van der Waals surface area (Å²) in [5.74, 6) is 0.454. The van der Waals surface area contributed by atoms with Crippen LogP contribution in [0.25, 0.3) is 0 Å². The molecule has 1 rings (SSSR count). The van der Waals surface area contributed by atoms with Gasteiger partial charge in [0.15, 0.2) is 0 Å². The van der Waals surface area contributed by atoms with Crippen LogP contribution in [0.15, 0.2) is 18.5 Å². The van der Waals surface area contributed by atoms with Gasteiger partial charge in [-0.1, -0.05) is 0 Å². The number of alkyl halides is 1. The van der Waals surface area contributed by atoms with E-state index in [-0.39, 0.29) is 6.10 Å². The number of rotatable bonds is 5. The number of aryl methyl sites for hydroxylation is 1. The first kappa shape index (κ1) is 10.9. The first-order valence-electron chi connectivity index (χ1n) is 4.53. The van der Waals surface area contributed by atoms with Crippen molar-refractivity contribution < 1.29 is 14.2 Å². The van der Waals surface area contributed by atoms with Gasteiger partial charge >= 0.3 is 0 Å². The standard InChI is InChI=1S/C10H14FNO2/c1-8(13)2-3-9-4-5-12-6-10(9)14-7-11/h4-6,8,13H,2-3,7H2,1H3. The maximum absolute atomic E-state index is 12.0. The Morgan fingerprint density at radius 3 is 3.07 bits per heavy atom. The number of aliphatic hydroxyl groups is 1. The summed E-state index contributed by atoms with van der Waals surface area (Å²) in [7, 11) is 0. The summed E-state index contributed by atoms with van der Waals surface area (Å²) in [6, 6.07) is 1.77. The lowest BCUT2D eigenvalue weighted by Crippen LogP contribution is -2.03. The van der Waals surface area contributed by atoms with Crippen molar-refractivity contribution in [2.24, 2.45) is 0 Å². The molecule has 4 heteroatoms. The highest BCUT2D eigenvalue weighted by Crippen LogP contribution is 2.18. The smallest absolute Gasteiger partial charge is 0.228 e. The van der Waals surface area contributed by atoms with Gasteiger partial charge in [-0.2, -0.15) is 0 Å². The van der Waals surface area contributed by atoms with Crippen LogP contribution in [0.1, 0.15) is 18.9 Å². The molecule has 0 amide bonds. The number of pyridine rings is 1. The molecule has 1 heterocycles. The molecule has 1 N–H and O–H groups in total. The van der Waals surface area contributed by atoms with Gasteiger partial charge in [0.2, 0.25) is 6.86 Å². The fraction of sp³-hybridized carbons (Fsp3) is 0.500. The molecule has 0 aliphatic heterocycles. The van der Waals surface area contributed by atoms with Crippen LogP contribution in [0.4, 0.5) is 4.39 Å². The monoisotopic (exact) mass is 199 g/mol. The maximum Gasteiger partial charge on any atom is 0.228 e. The van der Waals surface area contributed by atoms with Crippen LogP contribution in [0, 0.1) is 0 Å². The van der Waals surface area contributed by atoms with Crippen molar-refractivity contribution in [3.05, 3.63) is 24.0 Å². The third kappa shape index (κ3) is 3.30. The molecule has 78 valence electrons. The van der Waals surface area contributed by atoms with E-state index in [0.29, 0.717) is 18.6 Å². The van der Waals surface area contributed by atoms with Crippen molar-refractivity contribution in [3.8, 4) is 5.75 Å². The van der Waals surface area contributed by atoms with Crippen LogP contribution in [0.5, 0.6) is 5.75 Å². The number of aliphatic hydroxyl groups excluding tert-OH is 1. The number of hydrogen-bond donors (Lipinski definition) is 1. The molecule has 0 saturated carbocycles. The van der Waals surface area contributed by atoms with Crippen molar-refractivity contribution in [1.82, 2.24) is 4.98 Å². The fourth-order valence-corrected chi connectivity index (χ4v) is 1.17. The van der Waals surface area contributed by atoms with Crippen molar-refractivity contribution in [1.29, 1.82) is 0 Å². The highest BCUT2D eigenvalue weighted by molar-refractivity contribution is 5.29. The summed E-state index contributed by atoms with van der Waals surface area (Å²) >= 11 is 0. The quantitative estimate of drug-likeness (QED) is 0.784. The highest BCUT2D eigenvalue weighted by atomic mass is 19.1. The van der Waals surface area contributed by atoms with E-state index in [9.17, 15) is 4.39 Å². The molecule has 0 fully saturated rings. The van der Waals surface area contributed by atoms with E-state index < -0.39 is 6.86 Å². The van der Waals surface area contributed by atoms with Crippen LogP contribution in [0.3, 0.4) is 0 Å². The minimum Gasteiger partial charge on any atom is -0.461 e. The van der Waals surface area contributed by atoms with Gasteiger partial charge in [0, 0.05) is 6.20 Å². The summed E-state index contributed by atoms with van der Waals surface area (Å²) in [5, 5.41) is 9.10. The summed E-state index contributed by atoms with van der Waals surface area (Å²) in [6.07, 6.45) is 4.04. The van der Waals surface area contributed by atoms with Gasteiger partial charge in [-0.3, -0.25) is 4.98 Å². The van der Waals surface area contributed by atoms with E-state index in [1.165, 1.54) is 6.20 Å². The van der Waals surface area contributed by atoms with Gasteiger partial charge in [0.05, 0.1) is 12.3 Å². The van der Waals surface area contributed by atoms with E-state index >= 15 is 0 Å². The fourth-order valence-electron chi connectivity index (χ4n) is 1.17. The molecule has 1 aromatic rings. The highest BCUT2D eigenvalue weighted by Gasteiger charge is 2.04. The van der Waals surface area contributed by atoms with Crippen molar-refractivity contribution in [3.63, 3.8) is 0 Å². The first-order chi connectivity index (χ1) is 6.74. The van der Waals surface area contributed by atoms with E-state index in [0.717, 1.165) is 5.56 Å². The summed E-state index contributed by atoms with van der Waals surface area (Å²) < 4.78 is 16.7. The number of halogens is 1. The Morgan fingerprint density at radius 1 is 1.64 bits per heavy atom. The average Bonchev–Trinajstić information content (AvgIpc) is 2.17. The Labute approximate surface area is 82.5 Å². The maximum atomic E-state index is 12.0. The summed E-state index contributed by atoms with van der Waals surface area (Å²) in [4.78, 5) is 3.84. The lowest BCUT2D eigenvalue weighted by molar-refractivity contribution is 0.179. The zero-order valence-corrected chi connectivity index (χ0v) is 8.11. The van der Waals surface area contributed by atoms with E-state index in [4.69, 9.17) is 9.84 Å². The molecule has 0 aromatic carbocycles. The van der Waals surface area contributed by atoms with Gasteiger partial charge in [-0.05, 0) is 31.4 Å². The molecular formula is C10H14FNO2. The second-order valence-corrected chi connectivity index (χ2v) is 3.12. The van der Waals surface area contributed by atoms with Gasteiger partial charge in [0.1, 0.15) is 5.75 Å². The van der Waals surface area contributed by atoms with Crippen LogP contribution in [0.2, 0.25) is 0 Å². The van der Waals surface area contributed by atoms with E-state index in [1.807, 2.05) is 0 Å². The van der Waals surface area contributed by atoms with Crippen LogP contribution in [-0.2, 0) is 6.42 Å². The lowest BCUT2D eigenvalue weighted by atomic mass is 10.1. The molecule has 0 aliphatic carbocycles. The normalized spacial score (nSPS) is 12.5. The second-order valence-electron chi connectivity index (χ2n) is 3.12. The van der Waals surface area contributed by atoms with Gasteiger partial charge in [-0.25, -0.2) is 4.39 Å². The van der Waals surface area contributed by atoms with Crippen LogP contribution in [-0.4, -0.2) is 23.1 Å². The average molecular weight is 199 g/mol. The van der Waals surface area contributed by atoms with Crippen molar-refractivity contribution in [2.75, 3.05) is 6.86 Å². The molecule has 1 aromatic heterocycles. The summed E-state index contributed by atoms with van der Waals surface area (Å²) in [6.45, 7) is 0.865. The van der Waals surface area contributed by atoms with E-state index in [2.05, 4.69) is 4.98 Å². The molecule has 14 heavy (non-hydrogen) atoms. The van der Waals surface area contributed by atoms with Crippen molar-refractivity contribution in [2.45, 2.75) is 25.9 Å². The minimum atomic E-state index is -0.854. The van der Waals surface area contributed by atoms with Gasteiger partial charge in [-0.15, -0.1) is 0 Å². The Balaban J connectivity index is 2.64. The first-order valence-corrected chi connectivity index (χ1v) is 4.53. The SMILES string of the molecule is CC(O)CCc1ccncc1OCF. The zero-order valence-electron chi connectivity index (χ0n) is 8.11. The van der Waals surface area contributed by atoms with E-state index in [1.54, 1.807) is 19.2 Å². The van der Waals surface area contributed by atoms with Gasteiger partial charge < -0.3 is 9.84 Å². The van der Waals surface area contributed by atoms with Crippen LogP contribution >= 0.6 is 0 Å². The molecule has 0 radical (unpaired) electrons. The third-order valence-corrected chi connectivity index (χ3v) is 1.91. The number of hydrogen-bond acceptors (Lipinski definition) is 3. The largest absolute Gasteiger partial charge is 0.461 e. The molecule has 3 nitrogen and oxygen atoms in total. The minimum absolute atomic E-state index is 0.360. The van der Waals surface area contributed by atoms with Crippen molar-refractivity contribution >= 4 is 0 Å². The van der Waals surface area contributed by atoms with Gasteiger partial charge in [0.25, 0.3) is 0 Å². The molecule has 0 spiro atoms. The molecule has 0 bridgehead atoms. The molecule has 1 atom stereocenters. The summed E-state index contributed by atoms with van der Waals surface area (Å²) in [5.41, 5.74) is 0.874. The number of ether oxygens (including phenoxy) is 1. The zero-order chi connectivity index (χ0) is 10.4. The second kappa shape index (κ2) is 5.54. The number of nitrogens with zero attached hydrogens (tertiary/aromatic N) is 1. The molecule has 0 aliphatic rings. The third-order valence-electron chi connectivity index (χ3n) is 1.91. The lowest BCUT2D eigenvalue weighted by Gasteiger charge is -2.08. The Hall–Kier alpha value is -1.16. The molecule has 0 saturated heterocycles. The van der Waals surface area contributed by atoms with Crippen LogP contribution < -0.4 is 4.74 Å². The predicted molar refractivity (Wildman–Crippen MR) is 50.8 cm³/mol. The molecular weight excluding hydrogens is 185 g/mol. The Bertz CT molecular complexity index is 279. The molecule has 1 unspecified atom stereocenters. The number of aromatic nitrogens is 1. The topological polar surface area (TPSA) is 42.4 Å². The Morgan fingerprint density at radius 2 is 2.43 bits per heavy atom. The Kier molecular flexibility index (Phi) is 4.32.